The Bertz CT molecular complexity index is 3730. The Morgan fingerprint density at radius 1 is 0.977 bits per heavy atom. The first-order valence-corrected chi connectivity index (χ1v) is 31.3. The summed E-state index contributed by atoms with van der Waals surface area (Å²) in [5.41, 5.74) is 6.96. The molecule has 3 unspecified atom stereocenters. The molecule has 10 heterocycles. The van der Waals surface area contributed by atoms with E-state index in [2.05, 4.69) is 42.8 Å². The number of aromatic nitrogens is 4. The van der Waals surface area contributed by atoms with Crippen LogP contribution in [0.2, 0.25) is 0 Å². The van der Waals surface area contributed by atoms with Crippen LogP contribution in [0.25, 0.3) is 33.2 Å². The Morgan fingerprint density at radius 2 is 1.77 bits per heavy atom. The lowest BCUT2D eigenvalue weighted by atomic mass is 9.91. The van der Waals surface area contributed by atoms with Crippen LogP contribution in [0, 0.1) is 12.8 Å². The number of benzene rings is 3. The number of halogens is 1. The van der Waals surface area contributed by atoms with Crippen molar-refractivity contribution in [2.45, 2.75) is 134 Å². The molecule has 452 valence electrons. The largest absolute Gasteiger partial charge is 0.508 e. The van der Waals surface area contributed by atoms with Gasteiger partial charge in [-0.3, -0.25) is 9.59 Å². The minimum absolute atomic E-state index is 0.0214. The average molecular weight is 1190 g/mol. The summed E-state index contributed by atoms with van der Waals surface area (Å²) in [6, 6.07) is 17.7. The monoisotopic (exact) mass is 1190 g/mol. The Balaban J connectivity index is 0.645. The van der Waals surface area contributed by atoms with Gasteiger partial charge in [-0.1, -0.05) is 68.4 Å². The lowest BCUT2D eigenvalue weighted by Gasteiger charge is -2.35. The molecule has 0 aliphatic carbocycles. The first-order chi connectivity index (χ1) is 41.6. The summed E-state index contributed by atoms with van der Waals surface area (Å²) in [5, 5.41) is 38.7. The molecule has 7 aliphatic heterocycles. The molecule has 6 aromatic rings. The maximum Gasteiger partial charge on any atom is 0.414 e. The second-order valence-electron chi connectivity index (χ2n) is 24.7. The van der Waals surface area contributed by atoms with Crippen LogP contribution < -0.4 is 41.1 Å². The SMILES string of the molecule is CCc1cccc2cc(O)cc(C3NC=c4c(N5CC6CCC(C5)N6)nc(OC[C@]56CCCN5/C(=C/OC(=O)N5CCN(c7cc([C@@H](C(=O)N8C[C@H](O)C[C@H]8C(=O)N[C@@H](C)c8ccc(-c9scnc9C)cc8)C(C)C)on7)CC5)CC6)nc4=C3F)c12. The van der Waals surface area contributed by atoms with E-state index < -0.39 is 41.6 Å². The number of phenolic OH excluding ortho intramolecular Hbond substituents is 1. The van der Waals surface area contributed by atoms with Crippen molar-refractivity contribution in [1.29, 1.82) is 0 Å². The molecule has 8 atom stereocenters. The molecule has 3 aromatic carbocycles. The number of carbonyl (C=O) groups is 3. The number of thiazole rings is 1. The van der Waals surface area contributed by atoms with E-state index in [1.165, 1.54) is 4.90 Å². The number of ether oxygens (including phenoxy) is 2. The van der Waals surface area contributed by atoms with Crippen molar-refractivity contribution in [1.82, 2.24) is 50.8 Å². The van der Waals surface area contributed by atoms with Crippen LogP contribution in [0.1, 0.15) is 119 Å². The minimum atomic E-state index is -0.901. The first-order valence-electron chi connectivity index (χ1n) is 30.5. The Morgan fingerprint density at radius 3 is 2.51 bits per heavy atom. The highest BCUT2D eigenvalue weighted by Crippen LogP contribution is 2.45. The van der Waals surface area contributed by atoms with Crippen molar-refractivity contribution in [3.63, 3.8) is 0 Å². The lowest BCUT2D eigenvalue weighted by Crippen LogP contribution is -2.54. The molecule has 5 N–H and O–H groups in total. The number of anilines is 2. The van der Waals surface area contributed by atoms with Crippen LogP contribution in [0.5, 0.6) is 11.8 Å². The molecular formula is C64H75FN12O8S. The van der Waals surface area contributed by atoms with Gasteiger partial charge in [-0.25, -0.2) is 14.2 Å². The number of carbonyl (C=O) groups excluding carboxylic acids is 3. The van der Waals surface area contributed by atoms with Crippen LogP contribution in [0.4, 0.5) is 20.8 Å². The Labute approximate surface area is 502 Å². The number of hydrogen-bond donors (Lipinski definition) is 5. The smallest absolute Gasteiger partial charge is 0.414 e. The highest BCUT2D eigenvalue weighted by Gasteiger charge is 2.48. The molecule has 0 saturated carbocycles. The quantitative estimate of drug-likeness (QED) is 0.0666. The summed E-state index contributed by atoms with van der Waals surface area (Å²) in [4.78, 5) is 67.1. The summed E-state index contributed by atoms with van der Waals surface area (Å²) in [6.45, 7) is 13.9. The number of likely N-dealkylation sites (tertiary alicyclic amines) is 1. The van der Waals surface area contributed by atoms with Crippen LogP contribution in [-0.2, 0) is 20.7 Å². The Hall–Kier alpha value is -7.82. The maximum atomic E-state index is 17.4. The predicted molar refractivity (Wildman–Crippen MR) is 324 cm³/mol. The highest BCUT2D eigenvalue weighted by atomic mass is 32.1. The number of aliphatic hydroxyl groups excluding tert-OH is 1. The van der Waals surface area contributed by atoms with Gasteiger partial charge in [-0.05, 0) is 110 Å². The van der Waals surface area contributed by atoms with Crippen molar-refractivity contribution in [3.8, 4) is 22.2 Å². The van der Waals surface area contributed by atoms with Gasteiger partial charge >= 0.3 is 12.1 Å². The van der Waals surface area contributed by atoms with E-state index in [-0.39, 0.29) is 60.5 Å². The van der Waals surface area contributed by atoms with Gasteiger partial charge in [0.05, 0.1) is 39.0 Å². The topological polar surface area (TPSA) is 227 Å². The number of rotatable bonds is 15. The number of fused-ring (bicyclic) bond motifs is 5. The van der Waals surface area contributed by atoms with Gasteiger partial charge in [-0.15, -0.1) is 11.3 Å². The minimum Gasteiger partial charge on any atom is -0.508 e. The van der Waals surface area contributed by atoms with Gasteiger partial charge in [0, 0.05) is 88.8 Å². The molecule has 6 saturated heterocycles. The van der Waals surface area contributed by atoms with Crippen molar-refractivity contribution in [2.75, 3.05) is 68.8 Å². The second kappa shape index (κ2) is 23.5. The fraction of sp³-hybridized carbons (Fsp3) is 0.484. The normalized spacial score (nSPS) is 24.7. The number of amides is 3. The molecule has 3 amide bonds. The van der Waals surface area contributed by atoms with Gasteiger partial charge in [0.2, 0.25) is 11.8 Å². The van der Waals surface area contributed by atoms with E-state index in [0.29, 0.717) is 72.9 Å². The Kier molecular flexibility index (Phi) is 15.6. The summed E-state index contributed by atoms with van der Waals surface area (Å²) in [7, 11) is 0. The first kappa shape index (κ1) is 57.3. The van der Waals surface area contributed by atoms with Crippen molar-refractivity contribution in [2.24, 2.45) is 5.92 Å². The molecule has 13 rings (SSSR count). The van der Waals surface area contributed by atoms with E-state index in [1.807, 2.05) is 86.8 Å². The van der Waals surface area contributed by atoms with Crippen LogP contribution in [0.15, 0.2) is 82.7 Å². The molecule has 0 spiro atoms. The van der Waals surface area contributed by atoms with E-state index in [9.17, 15) is 24.6 Å². The van der Waals surface area contributed by atoms with E-state index >= 15 is 4.39 Å². The molecule has 3 aromatic heterocycles. The van der Waals surface area contributed by atoms with Crippen molar-refractivity contribution < 1.29 is 43.0 Å². The number of nitrogens with zero attached hydrogens (tertiary/aromatic N) is 9. The predicted octanol–water partition coefficient (Wildman–Crippen LogP) is 6.80. The zero-order chi connectivity index (χ0) is 59.5. The molecule has 6 fully saturated rings. The van der Waals surface area contributed by atoms with Gasteiger partial charge in [0.15, 0.2) is 17.4 Å². The third-order valence-corrected chi connectivity index (χ3v) is 19.9. The zero-order valence-electron chi connectivity index (χ0n) is 49.3. The molecule has 0 radical (unpaired) electrons. The van der Waals surface area contributed by atoms with Crippen LogP contribution in [-0.4, -0.2) is 152 Å². The fourth-order valence-electron chi connectivity index (χ4n) is 14.4. The second-order valence-corrected chi connectivity index (χ2v) is 25.5. The number of aliphatic hydroxyl groups is 1. The number of allylic oxidation sites excluding steroid dienone is 1. The summed E-state index contributed by atoms with van der Waals surface area (Å²) in [5.74, 6) is -0.519. The third-order valence-electron chi connectivity index (χ3n) is 18.9. The number of β-amino-alcohol motifs (C(OH)–C–C–N with tert-alkyl or cyclic N) is 1. The standard InChI is InChI=1S/C64H75FN12O8S/c1-6-39-9-7-10-42-25-46(78)26-48(54(39)42)56-55(65)57-49(29-66-56)59(75-30-43-15-16-44(31-75)69-43)71-62(70-57)84-34-64-18-8-20-77(64)45(17-19-64)33-83-63(82)74-23-21-73(22-24-74)52-28-51(85-72-52)53(36(2)3)61(81)76-32-47(79)27-50(76)60(80)68-37(4)40-11-13-41(14-12-40)58-38(5)67-35-86-58/h7,9-14,25-26,28-29,33,35-37,43-44,47,50,53,56,66,69,78-79H,6,8,15-24,27,30-32,34H2,1-5H3,(H,68,80)/b45-33+/t37-,43?,44?,47+,50-,53-,56?,64+/m0/s1. The highest BCUT2D eigenvalue weighted by molar-refractivity contribution is 7.13. The molecule has 7 aliphatic rings. The van der Waals surface area contributed by atoms with E-state index in [0.717, 1.165) is 102 Å². The lowest BCUT2D eigenvalue weighted by molar-refractivity contribution is -0.141. The molecule has 22 heteroatoms. The van der Waals surface area contributed by atoms with E-state index in [4.69, 9.17) is 24.0 Å². The summed E-state index contributed by atoms with van der Waals surface area (Å²) >= 11 is 1.58. The summed E-state index contributed by atoms with van der Waals surface area (Å²) < 4.78 is 35.9. The van der Waals surface area contributed by atoms with Gasteiger partial charge in [-0.2, -0.15) is 9.97 Å². The van der Waals surface area contributed by atoms with Gasteiger partial charge < -0.3 is 64.7 Å². The van der Waals surface area contributed by atoms with Crippen molar-refractivity contribution >= 4 is 63.7 Å². The molecule has 2 bridgehead atoms. The number of piperazine rings is 2. The molecular weight excluding hydrogens is 1120 g/mol. The maximum absolute atomic E-state index is 17.4. The number of nitrogens with one attached hydrogen (secondary N) is 3. The molecule has 20 nitrogen and oxygen atoms in total. The molecule has 86 heavy (non-hydrogen) atoms. The van der Waals surface area contributed by atoms with Crippen molar-refractivity contribution in [3.05, 3.63) is 117 Å². The number of phenols is 1. The van der Waals surface area contributed by atoms with Crippen LogP contribution >= 0.6 is 11.3 Å². The summed E-state index contributed by atoms with van der Waals surface area (Å²) in [6.07, 6.45) is 8.28. The van der Waals surface area contributed by atoms with Gasteiger partial charge in [0.1, 0.15) is 47.8 Å². The van der Waals surface area contributed by atoms with Crippen LogP contribution in [0.3, 0.4) is 0 Å². The number of aryl methyl sites for hydroxylation is 2. The van der Waals surface area contributed by atoms with Gasteiger partial charge in [0.25, 0.3) is 0 Å². The fourth-order valence-corrected chi connectivity index (χ4v) is 15.2. The number of hydrogen-bond acceptors (Lipinski definition) is 18. The third kappa shape index (κ3) is 10.9. The number of aromatic hydroxyl groups is 1. The zero-order valence-corrected chi connectivity index (χ0v) is 50.1. The van der Waals surface area contributed by atoms with E-state index in [1.54, 1.807) is 40.7 Å². The average Bonchev–Trinajstić information content (AvgIpc) is 1.63.